The number of hydrogen-bond donors (Lipinski definition) is 1. The molecule has 0 bridgehead atoms. The van der Waals surface area contributed by atoms with Gasteiger partial charge in [-0.1, -0.05) is 0 Å². The molecular formula is C15H19FN2O2. The van der Waals surface area contributed by atoms with Gasteiger partial charge in [-0.2, -0.15) is 0 Å². The topological polar surface area (TPSA) is 49.4 Å². The Morgan fingerprint density at radius 3 is 2.60 bits per heavy atom. The lowest BCUT2D eigenvalue weighted by molar-refractivity contribution is -0.130. The van der Waals surface area contributed by atoms with Crippen molar-refractivity contribution in [3.63, 3.8) is 0 Å². The van der Waals surface area contributed by atoms with E-state index in [1.165, 1.54) is 18.2 Å². The maximum absolute atomic E-state index is 13.1. The molecular weight excluding hydrogens is 259 g/mol. The fraction of sp³-hybridized carbons (Fsp3) is 0.467. The van der Waals surface area contributed by atoms with Crippen molar-refractivity contribution in [1.82, 2.24) is 10.2 Å². The second kappa shape index (κ2) is 6.50. The van der Waals surface area contributed by atoms with Crippen molar-refractivity contribution in [3.8, 4) is 0 Å². The second-order valence-electron chi connectivity index (χ2n) is 5.09. The van der Waals surface area contributed by atoms with E-state index >= 15 is 0 Å². The standard InChI is InChI=1S/C15H19FN2O2/c1-11-9-12(5-6-13(11)16)15(20)17-10-14(19)18-7-3-2-4-8-18/h5-6,9H,2-4,7-8,10H2,1H3,(H,17,20). The first kappa shape index (κ1) is 14.5. The van der Waals surface area contributed by atoms with Gasteiger partial charge in [0.05, 0.1) is 6.54 Å². The molecule has 1 aromatic rings. The normalized spacial score (nSPS) is 15.0. The highest BCUT2D eigenvalue weighted by Gasteiger charge is 2.17. The van der Waals surface area contributed by atoms with Crippen LogP contribution in [0.5, 0.6) is 0 Å². The van der Waals surface area contributed by atoms with Gasteiger partial charge < -0.3 is 10.2 Å². The molecule has 1 saturated heterocycles. The molecule has 0 radical (unpaired) electrons. The number of nitrogens with zero attached hydrogens (tertiary/aromatic N) is 1. The highest BCUT2D eigenvalue weighted by Crippen LogP contribution is 2.10. The Morgan fingerprint density at radius 2 is 1.95 bits per heavy atom. The average molecular weight is 278 g/mol. The predicted molar refractivity (Wildman–Crippen MR) is 73.9 cm³/mol. The summed E-state index contributed by atoms with van der Waals surface area (Å²) in [6.07, 6.45) is 3.21. The number of piperidine rings is 1. The summed E-state index contributed by atoms with van der Waals surface area (Å²) in [6, 6.07) is 4.16. The summed E-state index contributed by atoms with van der Waals surface area (Å²) >= 11 is 0. The van der Waals surface area contributed by atoms with Gasteiger partial charge in [-0.3, -0.25) is 9.59 Å². The first-order chi connectivity index (χ1) is 9.58. The van der Waals surface area contributed by atoms with Gasteiger partial charge in [-0.25, -0.2) is 4.39 Å². The van der Waals surface area contributed by atoms with E-state index in [1.807, 2.05) is 0 Å². The molecule has 1 aromatic carbocycles. The van der Waals surface area contributed by atoms with Crippen molar-refractivity contribution in [3.05, 3.63) is 35.1 Å². The number of carbonyl (C=O) groups excluding carboxylic acids is 2. The van der Waals surface area contributed by atoms with Gasteiger partial charge in [-0.05, 0) is 49.9 Å². The van der Waals surface area contributed by atoms with Gasteiger partial charge >= 0.3 is 0 Å². The molecule has 1 fully saturated rings. The molecule has 0 aliphatic carbocycles. The Bertz CT molecular complexity index is 511. The summed E-state index contributed by atoms with van der Waals surface area (Å²) < 4.78 is 13.1. The van der Waals surface area contributed by atoms with Gasteiger partial charge in [0.2, 0.25) is 5.91 Å². The van der Waals surface area contributed by atoms with Gasteiger partial charge in [-0.15, -0.1) is 0 Å². The van der Waals surface area contributed by atoms with Crippen LogP contribution in [0.15, 0.2) is 18.2 Å². The number of aryl methyl sites for hydroxylation is 1. The number of likely N-dealkylation sites (tertiary alicyclic amines) is 1. The third kappa shape index (κ3) is 3.56. The van der Waals surface area contributed by atoms with Crippen LogP contribution in [0.1, 0.15) is 35.2 Å². The Balaban J connectivity index is 1.88. The minimum absolute atomic E-state index is 0.00470. The number of rotatable bonds is 3. The van der Waals surface area contributed by atoms with Gasteiger partial charge in [0.1, 0.15) is 5.82 Å². The van der Waals surface area contributed by atoms with Crippen LogP contribution in [-0.2, 0) is 4.79 Å². The number of hydrogen-bond acceptors (Lipinski definition) is 2. The molecule has 1 aliphatic heterocycles. The van der Waals surface area contributed by atoms with Crippen LogP contribution in [0, 0.1) is 12.7 Å². The first-order valence-corrected chi connectivity index (χ1v) is 6.90. The monoisotopic (exact) mass is 278 g/mol. The minimum atomic E-state index is -0.349. The molecule has 0 atom stereocenters. The van der Waals surface area contributed by atoms with Crippen LogP contribution < -0.4 is 5.32 Å². The van der Waals surface area contributed by atoms with E-state index in [1.54, 1.807) is 11.8 Å². The molecule has 1 heterocycles. The summed E-state index contributed by atoms with van der Waals surface area (Å²) in [6.45, 7) is 3.13. The zero-order valence-corrected chi connectivity index (χ0v) is 11.6. The molecule has 0 saturated carbocycles. The zero-order valence-electron chi connectivity index (χ0n) is 11.6. The fourth-order valence-electron chi connectivity index (χ4n) is 2.30. The Morgan fingerprint density at radius 1 is 1.25 bits per heavy atom. The molecule has 1 N–H and O–H groups in total. The van der Waals surface area contributed by atoms with Gasteiger partial charge in [0.15, 0.2) is 0 Å². The van der Waals surface area contributed by atoms with Crippen LogP contribution in [0.3, 0.4) is 0 Å². The lowest BCUT2D eigenvalue weighted by atomic mass is 10.1. The predicted octanol–water partition coefficient (Wildman–Crippen LogP) is 1.88. The number of carbonyl (C=O) groups is 2. The van der Waals surface area contributed by atoms with Crippen LogP contribution in [0.4, 0.5) is 4.39 Å². The lowest BCUT2D eigenvalue weighted by Gasteiger charge is -2.26. The van der Waals surface area contributed by atoms with Crippen molar-refractivity contribution in [2.24, 2.45) is 0 Å². The third-order valence-corrected chi connectivity index (χ3v) is 3.53. The molecule has 0 spiro atoms. The van der Waals surface area contributed by atoms with Crippen LogP contribution in [-0.4, -0.2) is 36.3 Å². The molecule has 20 heavy (non-hydrogen) atoms. The number of halogens is 1. The van der Waals surface area contributed by atoms with Crippen molar-refractivity contribution < 1.29 is 14.0 Å². The molecule has 1 aliphatic rings. The van der Waals surface area contributed by atoms with Crippen LogP contribution in [0.25, 0.3) is 0 Å². The van der Waals surface area contributed by atoms with E-state index in [0.29, 0.717) is 11.1 Å². The highest BCUT2D eigenvalue weighted by atomic mass is 19.1. The van der Waals surface area contributed by atoms with Crippen LogP contribution >= 0.6 is 0 Å². The largest absolute Gasteiger partial charge is 0.343 e. The molecule has 0 unspecified atom stereocenters. The first-order valence-electron chi connectivity index (χ1n) is 6.90. The van der Waals surface area contributed by atoms with E-state index in [9.17, 15) is 14.0 Å². The zero-order chi connectivity index (χ0) is 14.5. The van der Waals surface area contributed by atoms with E-state index < -0.39 is 0 Å². The van der Waals surface area contributed by atoms with Gasteiger partial charge in [0.25, 0.3) is 5.91 Å². The van der Waals surface area contributed by atoms with Crippen molar-refractivity contribution >= 4 is 11.8 Å². The van der Waals surface area contributed by atoms with Crippen molar-refractivity contribution in [2.45, 2.75) is 26.2 Å². The summed E-state index contributed by atoms with van der Waals surface area (Å²) in [4.78, 5) is 25.6. The quantitative estimate of drug-likeness (QED) is 0.917. The fourth-order valence-corrected chi connectivity index (χ4v) is 2.30. The van der Waals surface area contributed by atoms with E-state index in [-0.39, 0.29) is 24.2 Å². The molecule has 2 rings (SSSR count). The molecule has 4 nitrogen and oxygen atoms in total. The van der Waals surface area contributed by atoms with Crippen LogP contribution in [0.2, 0.25) is 0 Å². The summed E-state index contributed by atoms with van der Waals surface area (Å²) in [5.74, 6) is -0.749. The summed E-state index contributed by atoms with van der Waals surface area (Å²) in [7, 11) is 0. The number of amides is 2. The summed E-state index contributed by atoms with van der Waals surface area (Å²) in [5, 5.41) is 2.59. The van der Waals surface area contributed by atoms with Crippen molar-refractivity contribution in [2.75, 3.05) is 19.6 Å². The summed E-state index contributed by atoms with van der Waals surface area (Å²) in [5.41, 5.74) is 0.787. The smallest absolute Gasteiger partial charge is 0.251 e. The number of benzene rings is 1. The maximum Gasteiger partial charge on any atom is 0.251 e. The van der Waals surface area contributed by atoms with Crippen molar-refractivity contribution in [1.29, 1.82) is 0 Å². The minimum Gasteiger partial charge on any atom is -0.343 e. The van der Waals surface area contributed by atoms with E-state index in [4.69, 9.17) is 0 Å². The molecule has 0 aromatic heterocycles. The Kier molecular flexibility index (Phi) is 4.71. The Hall–Kier alpha value is -1.91. The number of nitrogens with one attached hydrogen (secondary N) is 1. The molecule has 5 heteroatoms. The highest BCUT2D eigenvalue weighted by molar-refractivity contribution is 5.96. The molecule has 108 valence electrons. The van der Waals surface area contributed by atoms with E-state index in [2.05, 4.69) is 5.32 Å². The SMILES string of the molecule is Cc1cc(C(=O)NCC(=O)N2CCCCC2)ccc1F. The van der Waals surface area contributed by atoms with Gasteiger partial charge in [0, 0.05) is 18.7 Å². The maximum atomic E-state index is 13.1. The Labute approximate surface area is 118 Å². The molecule has 2 amide bonds. The lowest BCUT2D eigenvalue weighted by Crippen LogP contribution is -2.42. The second-order valence-corrected chi connectivity index (χ2v) is 5.09. The average Bonchev–Trinajstić information content (AvgIpc) is 2.48. The van der Waals surface area contributed by atoms with E-state index in [0.717, 1.165) is 32.4 Å². The third-order valence-electron chi connectivity index (χ3n) is 3.53.